The fourth-order valence-electron chi connectivity index (χ4n) is 1.51. The second-order valence-corrected chi connectivity index (χ2v) is 4.02. The van der Waals surface area contributed by atoms with Gasteiger partial charge in [-0.25, -0.2) is 0 Å². The summed E-state index contributed by atoms with van der Waals surface area (Å²) in [6.45, 7) is 5.51. The van der Waals surface area contributed by atoms with Gasteiger partial charge in [-0.05, 0) is 25.5 Å². The third-order valence-corrected chi connectivity index (χ3v) is 2.56. The van der Waals surface area contributed by atoms with E-state index < -0.39 is 0 Å². The van der Waals surface area contributed by atoms with Gasteiger partial charge in [-0.2, -0.15) is 0 Å². The van der Waals surface area contributed by atoms with Gasteiger partial charge in [-0.1, -0.05) is 6.08 Å². The third-order valence-electron chi connectivity index (χ3n) is 2.56. The lowest BCUT2D eigenvalue weighted by molar-refractivity contribution is -0.118. The molecule has 4 heteroatoms. The maximum absolute atomic E-state index is 11.0. The zero-order valence-corrected chi connectivity index (χ0v) is 9.74. The molecule has 0 aromatic carbocycles. The summed E-state index contributed by atoms with van der Waals surface area (Å²) in [7, 11) is 1.95. The van der Waals surface area contributed by atoms with Crippen LogP contribution in [0.5, 0.6) is 0 Å². The Balaban J connectivity index is 2.92. The molecule has 1 heterocycles. The van der Waals surface area contributed by atoms with Gasteiger partial charge in [-0.15, -0.1) is 0 Å². The topological polar surface area (TPSA) is 58.4 Å². The average molecular weight is 209 g/mol. The molecule has 1 aliphatic heterocycles. The molecular weight excluding hydrogens is 190 g/mol. The SMILES string of the molecule is CC(=O)NC1=CC(C(C)N)=CC(C)N1C. The van der Waals surface area contributed by atoms with Gasteiger partial charge in [0.15, 0.2) is 0 Å². The van der Waals surface area contributed by atoms with Crippen LogP contribution >= 0.6 is 0 Å². The maximum Gasteiger partial charge on any atom is 0.222 e. The Morgan fingerprint density at radius 2 is 2.27 bits per heavy atom. The summed E-state index contributed by atoms with van der Waals surface area (Å²) in [5, 5.41) is 2.80. The molecule has 0 aliphatic carbocycles. The van der Waals surface area contributed by atoms with E-state index >= 15 is 0 Å². The summed E-state index contributed by atoms with van der Waals surface area (Å²) < 4.78 is 0. The summed E-state index contributed by atoms with van der Waals surface area (Å²) in [6.07, 6.45) is 4.03. The van der Waals surface area contributed by atoms with Crippen LogP contribution in [-0.2, 0) is 4.79 Å². The Labute approximate surface area is 90.8 Å². The smallest absolute Gasteiger partial charge is 0.222 e. The molecule has 15 heavy (non-hydrogen) atoms. The minimum absolute atomic E-state index is 0.00934. The van der Waals surface area contributed by atoms with Crippen LogP contribution in [0.1, 0.15) is 20.8 Å². The molecule has 2 unspecified atom stereocenters. The highest BCUT2D eigenvalue weighted by Crippen LogP contribution is 2.18. The lowest BCUT2D eigenvalue weighted by atomic mass is 10.0. The summed E-state index contributed by atoms with van der Waals surface area (Å²) >= 11 is 0. The Kier molecular flexibility index (Phi) is 3.52. The zero-order valence-electron chi connectivity index (χ0n) is 9.74. The monoisotopic (exact) mass is 209 g/mol. The predicted molar refractivity (Wildman–Crippen MR) is 60.9 cm³/mol. The van der Waals surface area contributed by atoms with Gasteiger partial charge in [0.05, 0.1) is 0 Å². The van der Waals surface area contributed by atoms with Crippen molar-refractivity contribution in [3.63, 3.8) is 0 Å². The number of nitrogens with two attached hydrogens (primary N) is 1. The van der Waals surface area contributed by atoms with Crippen LogP contribution in [0.25, 0.3) is 0 Å². The van der Waals surface area contributed by atoms with Gasteiger partial charge in [-0.3, -0.25) is 4.79 Å². The van der Waals surface area contributed by atoms with E-state index in [0.29, 0.717) is 0 Å². The molecule has 84 valence electrons. The molecule has 0 aromatic rings. The molecule has 1 rings (SSSR count). The molecule has 0 fully saturated rings. The number of hydrogen-bond donors (Lipinski definition) is 2. The van der Waals surface area contributed by atoms with Crippen molar-refractivity contribution in [2.24, 2.45) is 5.73 Å². The summed E-state index contributed by atoms with van der Waals surface area (Å²) in [5.41, 5.74) is 6.88. The standard InChI is InChI=1S/C11H19N3O/c1-7-5-10(8(2)12)6-11(14(7)4)13-9(3)15/h5-8H,12H2,1-4H3,(H,13,15). The number of likely N-dealkylation sites (N-methyl/N-ethyl adjacent to an activating group) is 1. The number of rotatable bonds is 2. The molecule has 0 spiro atoms. The Morgan fingerprint density at radius 1 is 1.67 bits per heavy atom. The second kappa shape index (κ2) is 4.49. The van der Waals surface area contributed by atoms with Crippen molar-refractivity contribution >= 4 is 5.91 Å². The minimum atomic E-state index is -0.0637. The molecule has 0 radical (unpaired) electrons. The van der Waals surface area contributed by atoms with Crippen LogP contribution in [0.3, 0.4) is 0 Å². The number of nitrogens with zero attached hydrogens (tertiary/aromatic N) is 1. The van der Waals surface area contributed by atoms with Gasteiger partial charge in [0.25, 0.3) is 0 Å². The molecule has 3 N–H and O–H groups in total. The van der Waals surface area contributed by atoms with Crippen LogP contribution in [0.2, 0.25) is 0 Å². The van der Waals surface area contributed by atoms with E-state index in [1.165, 1.54) is 6.92 Å². The summed E-state index contributed by atoms with van der Waals surface area (Å²) in [4.78, 5) is 13.0. The zero-order chi connectivity index (χ0) is 11.6. The first-order valence-corrected chi connectivity index (χ1v) is 5.11. The fraction of sp³-hybridized carbons (Fsp3) is 0.545. The number of amides is 1. The normalized spacial score (nSPS) is 23.0. The molecule has 2 atom stereocenters. The average Bonchev–Trinajstić information content (AvgIpc) is 2.11. The molecule has 4 nitrogen and oxygen atoms in total. The first kappa shape index (κ1) is 11.8. The van der Waals surface area contributed by atoms with Crippen molar-refractivity contribution in [2.45, 2.75) is 32.9 Å². The molecule has 0 aromatic heterocycles. The highest BCUT2D eigenvalue weighted by molar-refractivity contribution is 5.75. The van der Waals surface area contributed by atoms with Crippen molar-refractivity contribution in [3.05, 3.63) is 23.5 Å². The van der Waals surface area contributed by atoms with Crippen molar-refractivity contribution < 1.29 is 4.79 Å². The Bertz CT molecular complexity index is 318. The van der Waals surface area contributed by atoms with Crippen molar-refractivity contribution in [3.8, 4) is 0 Å². The van der Waals surface area contributed by atoms with Crippen molar-refractivity contribution in [2.75, 3.05) is 7.05 Å². The maximum atomic E-state index is 11.0. The molecule has 1 aliphatic rings. The van der Waals surface area contributed by atoms with Crippen LogP contribution in [-0.4, -0.2) is 29.9 Å². The van der Waals surface area contributed by atoms with E-state index in [1.807, 2.05) is 24.9 Å². The Hall–Kier alpha value is -1.29. The summed E-state index contributed by atoms with van der Waals surface area (Å²) in [5.74, 6) is 0.746. The molecular formula is C11H19N3O. The molecule has 1 amide bonds. The van der Waals surface area contributed by atoms with Gasteiger partial charge >= 0.3 is 0 Å². The van der Waals surface area contributed by atoms with Crippen LogP contribution in [0.4, 0.5) is 0 Å². The number of carbonyl (C=O) groups is 1. The lowest BCUT2D eigenvalue weighted by Crippen LogP contribution is -2.39. The molecule has 0 bridgehead atoms. The van der Waals surface area contributed by atoms with E-state index in [1.54, 1.807) is 0 Å². The van der Waals surface area contributed by atoms with Crippen molar-refractivity contribution in [1.82, 2.24) is 10.2 Å². The van der Waals surface area contributed by atoms with Gasteiger partial charge in [0.2, 0.25) is 5.91 Å². The van der Waals surface area contributed by atoms with E-state index in [2.05, 4.69) is 18.3 Å². The summed E-state index contributed by atoms with van der Waals surface area (Å²) in [6, 6.07) is 0.239. The first-order chi connectivity index (χ1) is 6.91. The third kappa shape index (κ3) is 2.83. The number of carbonyl (C=O) groups excluding carboxylic acids is 1. The van der Waals surface area contributed by atoms with E-state index in [0.717, 1.165) is 11.4 Å². The highest BCUT2D eigenvalue weighted by atomic mass is 16.1. The fourth-order valence-corrected chi connectivity index (χ4v) is 1.51. The Morgan fingerprint density at radius 3 is 2.73 bits per heavy atom. The van der Waals surface area contributed by atoms with E-state index in [9.17, 15) is 4.79 Å². The predicted octanol–water partition coefficient (Wildman–Crippen LogP) is 0.571. The van der Waals surface area contributed by atoms with E-state index in [4.69, 9.17) is 5.73 Å². The lowest BCUT2D eigenvalue weighted by Gasteiger charge is -2.32. The molecule has 0 saturated carbocycles. The minimum Gasteiger partial charge on any atom is -0.355 e. The van der Waals surface area contributed by atoms with E-state index in [-0.39, 0.29) is 18.0 Å². The quantitative estimate of drug-likeness (QED) is 0.699. The van der Waals surface area contributed by atoms with Crippen LogP contribution < -0.4 is 11.1 Å². The van der Waals surface area contributed by atoms with Crippen LogP contribution in [0.15, 0.2) is 23.5 Å². The largest absolute Gasteiger partial charge is 0.355 e. The number of hydrogen-bond acceptors (Lipinski definition) is 3. The van der Waals surface area contributed by atoms with Gasteiger partial charge in [0, 0.05) is 26.1 Å². The van der Waals surface area contributed by atoms with Gasteiger partial charge in [0.1, 0.15) is 5.82 Å². The number of nitrogens with one attached hydrogen (secondary N) is 1. The van der Waals surface area contributed by atoms with Gasteiger partial charge < -0.3 is 16.0 Å². The van der Waals surface area contributed by atoms with Crippen LogP contribution in [0, 0.1) is 0 Å². The first-order valence-electron chi connectivity index (χ1n) is 5.11. The highest BCUT2D eigenvalue weighted by Gasteiger charge is 2.18. The van der Waals surface area contributed by atoms with Crippen molar-refractivity contribution in [1.29, 1.82) is 0 Å². The molecule has 0 saturated heterocycles. The second-order valence-electron chi connectivity index (χ2n) is 4.02.